The minimum Gasteiger partial charge on any atom is -0.366 e. The lowest BCUT2D eigenvalue weighted by Gasteiger charge is -2.18. The van der Waals surface area contributed by atoms with Crippen LogP contribution in [-0.2, 0) is 0 Å². The molecule has 0 bridgehead atoms. The Morgan fingerprint density at radius 1 is 1.50 bits per heavy atom. The highest BCUT2D eigenvalue weighted by Crippen LogP contribution is 2.15. The van der Waals surface area contributed by atoms with Crippen molar-refractivity contribution in [1.82, 2.24) is 9.97 Å². The van der Waals surface area contributed by atoms with E-state index in [1.54, 1.807) is 0 Å². The molecule has 90 valence electrons. The molecule has 0 aromatic carbocycles. The molecule has 0 saturated carbocycles. The van der Waals surface area contributed by atoms with E-state index in [0.717, 1.165) is 23.6 Å². The maximum absolute atomic E-state index is 4.42. The van der Waals surface area contributed by atoms with Crippen molar-refractivity contribution in [2.24, 2.45) is 0 Å². The summed E-state index contributed by atoms with van der Waals surface area (Å²) >= 11 is 1.85. The van der Waals surface area contributed by atoms with Gasteiger partial charge >= 0.3 is 0 Å². The Morgan fingerprint density at radius 2 is 2.25 bits per heavy atom. The van der Waals surface area contributed by atoms with Crippen LogP contribution in [0.2, 0.25) is 0 Å². The van der Waals surface area contributed by atoms with Crippen molar-refractivity contribution in [3.8, 4) is 0 Å². The average Bonchev–Trinajstić information content (AvgIpc) is 2.31. The van der Waals surface area contributed by atoms with Crippen molar-refractivity contribution in [3.63, 3.8) is 0 Å². The highest BCUT2D eigenvalue weighted by molar-refractivity contribution is 7.98. The molecule has 1 aromatic heterocycles. The van der Waals surface area contributed by atoms with Crippen LogP contribution in [0, 0.1) is 6.92 Å². The molecule has 2 N–H and O–H groups in total. The zero-order valence-electron chi connectivity index (χ0n) is 10.4. The third-order valence-electron chi connectivity index (χ3n) is 2.40. The number of nitrogens with one attached hydrogen (secondary N) is 2. The second-order valence-electron chi connectivity index (χ2n) is 3.68. The van der Waals surface area contributed by atoms with E-state index in [1.165, 1.54) is 0 Å². The second kappa shape index (κ2) is 6.58. The van der Waals surface area contributed by atoms with Crippen LogP contribution in [0.4, 0.5) is 11.8 Å². The Balaban J connectivity index is 2.77. The van der Waals surface area contributed by atoms with Gasteiger partial charge in [0.2, 0.25) is 5.95 Å². The first-order valence-electron chi connectivity index (χ1n) is 5.48. The molecule has 0 aliphatic heterocycles. The van der Waals surface area contributed by atoms with E-state index in [2.05, 4.69) is 33.8 Å². The molecule has 0 aliphatic rings. The normalized spacial score (nSPS) is 12.2. The largest absolute Gasteiger partial charge is 0.366 e. The Bertz CT molecular complexity index is 330. The van der Waals surface area contributed by atoms with Crippen molar-refractivity contribution in [2.75, 3.05) is 29.7 Å². The number of aryl methyl sites for hydroxylation is 1. The summed E-state index contributed by atoms with van der Waals surface area (Å²) in [6, 6.07) is 0.466. The maximum atomic E-state index is 4.42. The van der Waals surface area contributed by atoms with E-state index >= 15 is 0 Å². The lowest BCUT2D eigenvalue weighted by molar-refractivity contribution is 0.767. The van der Waals surface area contributed by atoms with Crippen molar-refractivity contribution >= 4 is 23.5 Å². The molecular weight excluding hydrogens is 220 g/mol. The molecule has 1 heterocycles. The predicted molar refractivity (Wildman–Crippen MR) is 72.4 cm³/mol. The van der Waals surface area contributed by atoms with Gasteiger partial charge in [-0.15, -0.1) is 0 Å². The van der Waals surface area contributed by atoms with Gasteiger partial charge in [0.1, 0.15) is 5.82 Å². The third-order valence-corrected chi connectivity index (χ3v) is 3.13. The van der Waals surface area contributed by atoms with Gasteiger partial charge in [-0.3, -0.25) is 0 Å². The van der Waals surface area contributed by atoms with Gasteiger partial charge in [0.25, 0.3) is 0 Å². The minimum atomic E-state index is 0.466. The number of anilines is 2. The average molecular weight is 240 g/mol. The van der Waals surface area contributed by atoms with Crippen LogP contribution in [-0.4, -0.2) is 35.1 Å². The summed E-state index contributed by atoms with van der Waals surface area (Å²) in [5, 5.41) is 6.41. The molecule has 0 saturated heterocycles. The predicted octanol–water partition coefficient (Wildman–Crippen LogP) is 2.38. The maximum Gasteiger partial charge on any atom is 0.224 e. The monoisotopic (exact) mass is 240 g/mol. The minimum absolute atomic E-state index is 0.466. The molecule has 5 heteroatoms. The van der Waals surface area contributed by atoms with E-state index in [1.807, 2.05) is 31.9 Å². The number of hydrogen-bond acceptors (Lipinski definition) is 5. The molecule has 0 fully saturated rings. The second-order valence-corrected chi connectivity index (χ2v) is 4.59. The fourth-order valence-corrected chi connectivity index (χ4v) is 2.09. The summed E-state index contributed by atoms with van der Waals surface area (Å²) in [7, 11) is 1.83. The Kier molecular flexibility index (Phi) is 5.38. The van der Waals surface area contributed by atoms with Crippen LogP contribution in [0.5, 0.6) is 0 Å². The van der Waals surface area contributed by atoms with Gasteiger partial charge in [-0.25, -0.2) is 4.98 Å². The molecule has 0 radical (unpaired) electrons. The Labute approximate surface area is 102 Å². The summed E-state index contributed by atoms with van der Waals surface area (Å²) in [6.45, 7) is 4.21. The molecule has 0 amide bonds. The van der Waals surface area contributed by atoms with E-state index in [-0.39, 0.29) is 0 Å². The molecular formula is C11H20N4S. The Hall–Kier alpha value is -0.970. The van der Waals surface area contributed by atoms with Crippen molar-refractivity contribution in [1.29, 1.82) is 0 Å². The van der Waals surface area contributed by atoms with E-state index in [4.69, 9.17) is 0 Å². The van der Waals surface area contributed by atoms with E-state index < -0.39 is 0 Å². The zero-order valence-corrected chi connectivity index (χ0v) is 11.2. The Morgan fingerprint density at radius 3 is 2.81 bits per heavy atom. The lowest BCUT2D eigenvalue weighted by atomic mass is 10.2. The molecule has 1 unspecified atom stereocenters. The van der Waals surface area contributed by atoms with E-state index in [0.29, 0.717) is 12.0 Å². The fraction of sp³-hybridized carbons (Fsp3) is 0.636. The molecule has 1 atom stereocenters. The summed E-state index contributed by atoms with van der Waals surface area (Å²) in [5.74, 6) is 2.68. The quantitative estimate of drug-likeness (QED) is 0.799. The molecule has 16 heavy (non-hydrogen) atoms. The van der Waals surface area contributed by atoms with Gasteiger partial charge in [-0.2, -0.15) is 16.7 Å². The van der Waals surface area contributed by atoms with Crippen molar-refractivity contribution in [3.05, 3.63) is 11.8 Å². The van der Waals surface area contributed by atoms with E-state index in [9.17, 15) is 0 Å². The van der Waals surface area contributed by atoms with Crippen LogP contribution >= 0.6 is 11.8 Å². The summed E-state index contributed by atoms with van der Waals surface area (Å²) < 4.78 is 0. The van der Waals surface area contributed by atoms with Gasteiger partial charge < -0.3 is 10.6 Å². The van der Waals surface area contributed by atoms with Crippen molar-refractivity contribution in [2.45, 2.75) is 26.3 Å². The van der Waals surface area contributed by atoms with Crippen LogP contribution in [0.3, 0.4) is 0 Å². The highest BCUT2D eigenvalue weighted by atomic mass is 32.2. The van der Waals surface area contributed by atoms with Gasteiger partial charge in [-0.1, -0.05) is 6.92 Å². The van der Waals surface area contributed by atoms with Gasteiger partial charge in [0.15, 0.2) is 0 Å². The third kappa shape index (κ3) is 3.56. The van der Waals surface area contributed by atoms with Gasteiger partial charge in [-0.05, 0) is 19.6 Å². The smallest absolute Gasteiger partial charge is 0.224 e. The van der Waals surface area contributed by atoms with Crippen molar-refractivity contribution < 1.29 is 0 Å². The fourth-order valence-electron chi connectivity index (χ4n) is 1.36. The van der Waals surface area contributed by atoms with Crippen LogP contribution in [0.15, 0.2) is 6.20 Å². The molecule has 1 aromatic rings. The molecule has 0 spiro atoms. The molecule has 4 nitrogen and oxygen atoms in total. The summed E-state index contributed by atoms with van der Waals surface area (Å²) in [5.41, 5.74) is 1.08. The zero-order chi connectivity index (χ0) is 12.0. The number of thioether (sulfide) groups is 1. The first kappa shape index (κ1) is 13.1. The SMILES string of the molecule is CCC(CSC)Nc1nc(NC)ncc1C. The van der Waals surface area contributed by atoms with Gasteiger partial charge in [0, 0.05) is 30.6 Å². The summed E-state index contributed by atoms with van der Waals surface area (Å²) in [6.07, 6.45) is 5.06. The highest BCUT2D eigenvalue weighted by Gasteiger charge is 2.09. The lowest BCUT2D eigenvalue weighted by Crippen LogP contribution is -2.22. The summed E-state index contributed by atoms with van der Waals surface area (Å²) in [4.78, 5) is 8.59. The number of hydrogen-bond donors (Lipinski definition) is 2. The topological polar surface area (TPSA) is 49.8 Å². The van der Waals surface area contributed by atoms with Gasteiger partial charge in [0.05, 0.1) is 0 Å². The number of rotatable bonds is 6. The first-order valence-corrected chi connectivity index (χ1v) is 6.87. The standard InChI is InChI=1S/C11H20N4S/c1-5-9(7-16-4)14-10-8(2)6-13-11(12-3)15-10/h6,9H,5,7H2,1-4H3,(H2,12,13,14,15). The molecule has 1 rings (SSSR count). The number of nitrogens with zero attached hydrogens (tertiary/aromatic N) is 2. The van der Waals surface area contributed by atoms with Crippen LogP contribution < -0.4 is 10.6 Å². The molecule has 0 aliphatic carbocycles. The van der Waals surface area contributed by atoms with Crippen LogP contribution in [0.1, 0.15) is 18.9 Å². The van der Waals surface area contributed by atoms with Crippen LogP contribution in [0.25, 0.3) is 0 Å². The number of aromatic nitrogens is 2. The first-order chi connectivity index (χ1) is 7.71.